The number of hydrogen-bond donors (Lipinski definition) is 2. The van der Waals surface area contributed by atoms with Crippen LogP contribution in [0.15, 0.2) is 49.1 Å². The molecule has 2 heterocycles. The number of phenols is 1. The van der Waals surface area contributed by atoms with E-state index in [1.807, 2.05) is 52.2 Å². The molecule has 0 aliphatic carbocycles. The minimum atomic E-state index is 0.0139. The average Bonchev–Trinajstić information content (AvgIpc) is 2.99. The highest BCUT2D eigenvalue weighted by atomic mass is 16.5. The minimum Gasteiger partial charge on any atom is -0.508 e. The van der Waals surface area contributed by atoms with Crippen molar-refractivity contribution in [2.75, 3.05) is 77.4 Å². The predicted molar refractivity (Wildman–Crippen MR) is 165 cm³/mol. The van der Waals surface area contributed by atoms with Crippen molar-refractivity contribution in [3.63, 3.8) is 0 Å². The highest BCUT2D eigenvalue weighted by molar-refractivity contribution is 5.95. The fourth-order valence-electron chi connectivity index (χ4n) is 4.74. The van der Waals surface area contributed by atoms with Gasteiger partial charge in [-0.1, -0.05) is 30.8 Å². The number of carbonyl (C=O) groups is 1. The number of nitrogens with one attached hydrogen (secondary N) is 1. The summed E-state index contributed by atoms with van der Waals surface area (Å²) in [5, 5.41) is 15.6. The lowest BCUT2D eigenvalue weighted by Gasteiger charge is -2.32. The summed E-state index contributed by atoms with van der Waals surface area (Å²) < 4.78 is 11.0. The second-order valence-electron chi connectivity index (χ2n) is 9.75. The van der Waals surface area contributed by atoms with Gasteiger partial charge in [-0.25, -0.2) is 0 Å². The lowest BCUT2D eigenvalue weighted by Crippen LogP contribution is -2.32. The number of benzene rings is 2. The van der Waals surface area contributed by atoms with Gasteiger partial charge in [-0.15, -0.1) is 0 Å². The molecule has 10 nitrogen and oxygen atoms in total. The number of methoxy groups -OCH3 is 1. The first-order valence-electron chi connectivity index (χ1n) is 14.1. The van der Waals surface area contributed by atoms with Crippen molar-refractivity contribution in [2.45, 2.75) is 26.8 Å². The van der Waals surface area contributed by atoms with E-state index in [1.165, 1.54) is 6.08 Å². The number of nitrogens with zero attached hydrogens (tertiary/aromatic N) is 5. The van der Waals surface area contributed by atoms with Gasteiger partial charge in [0.1, 0.15) is 18.2 Å². The Labute approximate surface area is 243 Å². The zero-order valence-electron chi connectivity index (χ0n) is 25.0. The molecule has 0 bridgehead atoms. The molecule has 222 valence electrons. The summed E-state index contributed by atoms with van der Waals surface area (Å²) in [7, 11) is 5.61. The predicted octanol–water partition coefficient (Wildman–Crippen LogP) is 3.94. The molecule has 1 amide bonds. The Balaban J connectivity index is 0.000000445. The van der Waals surface area contributed by atoms with Gasteiger partial charge >= 0.3 is 6.01 Å². The van der Waals surface area contributed by atoms with Gasteiger partial charge in [-0.3, -0.25) is 4.79 Å². The maximum atomic E-state index is 10.8. The number of aromatic hydroxyl groups is 1. The quantitative estimate of drug-likeness (QED) is 0.317. The van der Waals surface area contributed by atoms with Crippen LogP contribution in [0, 0.1) is 0 Å². The van der Waals surface area contributed by atoms with Gasteiger partial charge in [-0.2, -0.15) is 9.97 Å². The Morgan fingerprint density at radius 3 is 2.56 bits per heavy atom. The molecule has 0 atom stereocenters. The van der Waals surface area contributed by atoms with Gasteiger partial charge in [0, 0.05) is 69.6 Å². The fourth-order valence-corrected chi connectivity index (χ4v) is 4.74. The smallest absolute Gasteiger partial charge is 0.318 e. The van der Waals surface area contributed by atoms with Crippen LogP contribution in [-0.4, -0.2) is 97.9 Å². The van der Waals surface area contributed by atoms with Gasteiger partial charge in [0.15, 0.2) is 0 Å². The van der Waals surface area contributed by atoms with E-state index in [2.05, 4.69) is 32.7 Å². The molecule has 41 heavy (non-hydrogen) atoms. The van der Waals surface area contributed by atoms with E-state index in [0.29, 0.717) is 25.8 Å². The number of amides is 1. The van der Waals surface area contributed by atoms with Crippen molar-refractivity contribution >= 4 is 28.2 Å². The summed E-state index contributed by atoms with van der Waals surface area (Å²) in [5.41, 5.74) is 3.08. The molecule has 0 unspecified atom stereocenters. The maximum absolute atomic E-state index is 10.8. The third kappa shape index (κ3) is 8.55. The molecule has 1 aliphatic rings. The Bertz CT molecular complexity index is 1300. The first kappa shape index (κ1) is 31.6. The zero-order chi connectivity index (χ0) is 29.8. The molecule has 10 heteroatoms. The molecule has 2 aromatic carbocycles. The maximum Gasteiger partial charge on any atom is 0.318 e. The van der Waals surface area contributed by atoms with Crippen LogP contribution in [0.1, 0.15) is 25.1 Å². The molecule has 2 N–H and O–H groups in total. The first-order chi connectivity index (χ1) is 19.8. The van der Waals surface area contributed by atoms with Crippen LogP contribution in [0.5, 0.6) is 11.8 Å². The van der Waals surface area contributed by atoms with Gasteiger partial charge < -0.3 is 34.6 Å². The molecule has 0 saturated heterocycles. The van der Waals surface area contributed by atoms with Crippen molar-refractivity contribution in [2.24, 2.45) is 0 Å². The number of aromatic nitrogens is 2. The van der Waals surface area contributed by atoms with E-state index in [-0.39, 0.29) is 11.7 Å². The zero-order valence-corrected chi connectivity index (χ0v) is 25.0. The molecule has 4 rings (SSSR count). The van der Waals surface area contributed by atoms with Crippen LogP contribution in [-0.2, 0) is 22.5 Å². The lowest BCUT2D eigenvalue weighted by molar-refractivity contribution is -0.125. The van der Waals surface area contributed by atoms with Gasteiger partial charge in [0.2, 0.25) is 5.91 Å². The first-order valence-corrected chi connectivity index (χ1v) is 14.1. The molecule has 1 aromatic heterocycles. The summed E-state index contributed by atoms with van der Waals surface area (Å²) in [4.78, 5) is 26.2. The Hall–Kier alpha value is -3.89. The van der Waals surface area contributed by atoms with Crippen molar-refractivity contribution in [3.8, 4) is 11.8 Å². The summed E-state index contributed by atoms with van der Waals surface area (Å²) in [6.07, 6.45) is 2.16. The van der Waals surface area contributed by atoms with E-state index >= 15 is 0 Å². The van der Waals surface area contributed by atoms with Crippen LogP contribution < -0.4 is 15.0 Å². The molecule has 0 saturated carbocycles. The Morgan fingerprint density at radius 2 is 1.90 bits per heavy atom. The second-order valence-corrected chi connectivity index (χ2v) is 9.75. The Kier molecular flexibility index (Phi) is 12.2. The van der Waals surface area contributed by atoms with E-state index in [9.17, 15) is 9.90 Å². The van der Waals surface area contributed by atoms with E-state index < -0.39 is 0 Å². The highest BCUT2D eigenvalue weighted by Gasteiger charge is 2.24. The second kappa shape index (κ2) is 15.8. The van der Waals surface area contributed by atoms with E-state index in [0.717, 1.165) is 72.7 Å². The van der Waals surface area contributed by atoms with Gasteiger partial charge in [0.25, 0.3) is 0 Å². The number of likely N-dealkylation sites (N-methyl/N-ethyl adjacent to an activating group) is 2. The lowest BCUT2D eigenvalue weighted by atomic mass is 10.0. The largest absolute Gasteiger partial charge is 0.508 e. The fraction of sp³-hybridized carbons (Fsp3) is 0.452. The molecule has 3 aromatic rings. The van der Waals surface area contributed by atoms with E-state index in [4.69, 9.17) is 14.5 Å². The van der Waals surface area contributed by atoms with Crippen molar-refractivity contribution in [3.05, 3.63) is 60.3 Å². The topological polar surface area (TPSA) is 103 Å². The molecule has 1 aliphatic heterocycles. The van der Waals surface area contributed by atoms with E-state index in [1.54, 1.807) is 18.1 Å². The summed E-state index contributed by atoms with van der Waals surface area (Å²) in [5.74, 6) is 1.10. The molecule has 0 fully saturated rings. The van der Waals surface area contributed by atoms with Crippen LogP contribution in [0.2, 0.25) is 0 Å². The molecular weight excluding hydrogens is 520 g/mol. The average molecular weight is 565 g/mol. The van der Waals surface area contributed by atoms with Crippen LogP contribution in [0.3, 0.4) is 0 Å². The monoisotopic (exact) mass is 564 g/mol. The molecule has 0 spiro atoms. The summed E-state index contributed by atoms with van der Waals surface area (Å²) in [6.45, 7) is 13.1. The number of carbonyl (C=O) groups excluding carboxylic acids is 1. The number of phenolic OH excluding ortho intramolecular Hbond substituents is 1. The number of hydrogen-bond acceptors (Lipinski definition) is 9. The number of anilines is 2. The summed E-state index contributed by atoms with van der Waals surface area (Å²) in [6, 6.07) is 12.1. The third-order valence-electron chi connectivity index (χ3n) is 7.08. The SMILES string of the molecule is C=CC(=O)N(CC)CC.CNc1nc(OCCN(C)CCOC)nc2c1CCN(c1cc(O)cc3ccccc13)C2. The van der Waals surface area contributed by atoms with Gasteiger partial charge in [0.05, 0.1) is 18.8 Å². The number of ether oxygens (including phenoxy) is 2. The van der Waals surface area contributed by atoms with Crippen LogP contribution in [0.4, 0.5) is 11.5 Å². The van der Waals surface area contributed by atoms with Crippen LogP contribution in [0.25, 0.3) is 10.8 Å². The molecular formula is C31H44N6O4. The standard InChI is InChI=1S/C24H31N5O3.C7H13NO/c1-25-23-20-8-9-29(22-15-18(30)14-17-6-4-5-7-19(17)22)16-21(20)26-24(27-23)32-13-11-28(2)10-12-31-3;1-4-7(9)8(5-2)6-3/h4-7,14-15,30H,8-13,16H2,1-3H3,(H,25,26,27);4H,1,5-6H2,2-3H3. The van der Waals surface area contributed by atoms with Crippen molar-refractivity contribution in [1.29, 1.82) is 0 Å². The summed E-state index contributed by atoms with van der Waals surface area (Å²) >= 11 is 0. The molecule has 0 radical (unpaired) electrons. The van der Waals surface area contributed by atoms with Crippen molar-refractivity contribution < 1.29 is 19.4 Å². The normalized spacial score (nSPS) is 12.4. The third-order valence-corrected chi connectivity index (χ3v) is 7.08. The van der Waals surface area contributed by atoms with Crippen molar-refractivity contribution in [1.82, 2.24) is 19.8 Å². The highest BCUT2D eigenvalue weighted by Crippen LogP contribution is 2.35. The van der Waals surface area contributed by atoms with Crippen LogP contribution >= 0.6 is 0 Å². The minimum absolute atomic E-state index is 0.0139. The van der Waals surface area contributed by atoms with Gasteiger partial charge in [-0.05, 0) is 44.8 Å². The number of fused-ring (bicyclic) bond motifs is 2. The Morgan fingerprint density at radius 1 is 1.17 bits per heavy atom. The number of rotatable bonds is 12.